The van der Waals surface area contributed by atoms with Gasteiger partial charge in [-0.25, -0.2) is 9.18 Å². The van der Waals surface area contributed by atoms with Crippen molar-refractivity contribution in [2.75, 3.05) is 0 Å². The summed E-state index contributed by atoms with van der Waals surface area (Å²) in [6.45, 7) is 0. The summed E-state index contributed by atoms with van der Waals surface area (Å²) >= 11 is 0. The molecular weight excluding hydrogens is 304 g/mol. The molecule has 1 unspecified atom stereocenters. The van der Waals surface area contributed by atoms with Gasteiger partial charge in [-0.2, -0.15) is 13.2 Å². The first-order chi connectivity index (χ1) is 10.2. The quantitative estimate of drug-likeness (QED) is 0.851. The first-order valence-corrected chi connectivity index (χ1v) is 6.08. The molecule has 0 heterocycles. The van der Waals surface area contributed by atoms with E-state index >= 15 is 0 Å². The Morgan fingerprint density at radius 3 is 2.27 bits per heavy atom. The highest BCUT2D eigenvalue weighted by molar-refractivity contribution is 5.81. The van der Waals surface area contributed by atoms with E-state index in [4.69, 9.17) is 5.11 Å². The van der Waals surface area contributed by atoms with Gasteiger partial charge < -0.3 is 10.2 Å². The van der Waals surface area contributed by atoms with Gasteiger partial charge in [0.1, 0.15) is 5.82 Å². The second-order valence-electron chi connectivity index (χ2n) is 4.52. The fourth-order valence-electron chi connectivity index (χ4n) is 2.13. The third-order valence-corrected chi connectivity index (χ3v) is 3.04. The summed E-state index contributed by atoms with van der Waals surface area (Å²) in [5, 5.41) is 18.5. The molecule has 2 aromatic rings. The SMILES string of the molecule is O=C(O)C(O)c1cccc(C(F)(F)F)c1-c1cccc(F)c1. The zero-order chi connectivity index (χ0) is 16.5. The van der Waals surface area contributed by atoms with E-state index in [1.54, 1.807) is 0 Å². The van der Waals surface area contributed by atoms with Gasteiger partial charge in [0.25, 0.3) is 0 Å². The Hall–Kier alpha value is -2.41. The van der Waals surface area contributed by atoms with Crippen LogP contribution in [0.2, 0.25) is 0 Å². The van der Waals surface area contributed by atoms with E-state index in [-0.39, 0.29) is 5.56 Å². The largest absolute Gasteiger partial charge is 0.479 e. The van der Waals surface area contributed by atoms with Crippen molar-refractivity contribution in [3.63, 3.8) is 0 Å². The molecule has 0 aliphatic rings. The predicted molar refractivity (Wildman–Crippen MR) is 69.4 cm³/mol. The van der Waals surface area contributed by atoms with Crippen LogP contribution in [0.3, 0.4) is 0 Å². The van der Waals surface area contributed by atoms with Gasteiger partial charge in [-0.3, -0.25) is 0 Å². The molecule has 2 N–H and O–H groups in total. The minimum Gasteiger partial charge on any atom is -0.479 e. The third kappa shape index (κ3) is 3.09. The van der Waals surface area contributed by atoms with Crippen molar-refractivity contribution >= 4 is 5.97 Å². The first-order valence-electron chi connectivity index (χ1n) is 6.08. The van der Waals surface area contributed by atoms with Gasteiger partial charge in [0.15, 0.2) is 6.10 Å². The van der Waals surface area contributed by atoms with Gasteiger partial charge in [-0.05, 0) is 23.8 Å². The summed E-state index contributed by atoms with van der Waals surface area (Å²) in [4.78, 5) is 10.9. The smallest absolute Gasteiger partial charge is 0.417 e. The van der Waals surface area contributed by atoms with Crippen LogP contribution in [0.15, 0.2) is 42.5 Å². The zero-order valence-electron chi connectivity index (χ0n) is 10.9. The summed E-state index contributed by atoms with van der Waals surface area (Å²) in [6, 6.07) is 7.12. The van der Waals surface area contributed by atoms with Crippen molar-refractivity contribution in [2.24, 2.45) is 0 Å². The Bertz CT molecular complexity index is 710. The molecule has 22 heavy (non-hydrogen) atoms. The van der Waals surface area contributed by atoms with Crippen molar-refractivity contribution in [2.45, 2.75) is 12.3 Å². The normalized spacial score (nSPS) is 13.0. The second kappa shape index (κ2) is 5.76. The number of hydrogen-bond acceptors (Lipinski definition) is 2. The number of rotatable bonds is 3. The second-order valence-corrected chi connectivity index (χ2v) is 4.52. The number of carboxylic acids is 1. The van der Waals surface area contributed by atoms with E-state index in [0.29, 0.717) is 0 Å². The number of aliphatic hydroxyl groups is 1. The Morgan fingerprint density at radius 1 is 1.09 bits per heavy atom. The predicted octanol–water partition coefficient (Wildman–Crippen LogP) is 3.63. The van der Waals surface area contributed by atoms with Gasteiger partial charge in [0.05, 0.1) is 5.56 Å². The molecule has 0 aromatic heterocycles. The van der Waals surface area contributed by atoms with Crippen LogP contribution in [-0.2, 0) is 11.0 Å². The lowest BCUT2D eigenvalue weighted by Gasteiger charge is -2.18. The molecule has 0 fully saturated rings. The zero-order valence-corrected chi connectivity index (χ0v) is 10.9. The van der Waals surface area contributed by atoms with Gasteiger partial charge in [0, 0.05) is 11.1 Å². The minimum atomic E-state index is -4.78. The molecular formula is C15H10F4O3. The van der Waals surface area contributed by atoms with Gasteiger partial charge in [0.2, 0.25) is 0 Å². The van der Waals surface area contributed by atoms with Crippen molar-refractivity contribution in [3.05, 3.63) is 59.4 Å². The minimum absolute atomic E-state index is 0.164. The molecule has 0 radical (unpaired) electrons. The average molecular weight is 314 g/mol. The number of carbonyl (C=O) groups is 1. The van der Waals surface area contributed by atoms with Gasteiger partial charge >= 0.3 is 12.1 Å². The summed E-state index contributed by atoms with van der Waals surface area (Å²) in [7, 11) is 0. The van der Waals surface area contributed by atoms with E-state index in [1.165, 1.54) is 12.1 Å². The van der Waals surface area contributed by atoms with Crippen LogP contribution in [0.25, 0.3) is 11.1 Å². The van der Waals surface area contributed by atoms with Crippen LogP contribution in [-0.4, -0.2) is 16.2 Å². The van der Waals surface area contributed by atoms with Crippen LogP contribution in [0.5, 0.6) is 0 Å². The van der Waals surface area contributed by atoms with E-state index in [9.17, 15) is 27.5 Å². The van der Waals surface area contributed by atoms with E-state index in [0.717, 1.165) is 30.3 Å². The Kier molecular flexibility index (Phi) is 4.18. The fourth-order valence-corrected chi connectivity index (χ4v) is 2.13. The Balaban J connectivity index is 2.79. The number of carboxylic acid groups (broad SMARTS) is 1. The number of hydrogen-bond donors (Lipinski definition) is 2. The lowest BCUT2D eigenvalue weighted by atomic mass is 9.91. The first kappa shape index (κ1) is 16.0. The lowest BCUT2D eigenvalue weighted by molar-refractivity contribution is -0.147. The summed E-state index contributed by atoms with van der Waals surface area (Å²) in [6.07, 6.45) is -6.93. The lowest BCUT2D eigenvalue weighted by Crippen LogP contribution is -2.15. The standard InChI is InChI=1S/C15H10F4O3/c16-9-4-1-3-8(7-9)12-10(13(20)14(21)22)5-2-6-11(12)15(17,18)19/h1-7,13,20H,(H,21,22). The molecule has 0 bridgehead atoms. The molecule has 0 saturated carbocycles. The number of aliphatic hydroxyl groups excluding tert-OH is 1. The number of halogens is 4. The fraction of sp³-hybridized carbons (Fsp3) is 0.133. The summed E-state index contributed by atoms with van der Waals surface area (Å²) in [5.74, 6) is -2.47. The number of aliphatic carboxylic acids is 1. The molecule has 2 aromatic carbocycles. The van der Waals surface area contributed by atoms with Gasteiger partial charge in [-0.1, -0.05) is 24.3 Å². The maximum Gasteiger partial charge on any atom is 0.417 e. The van der Waals surface area contributed by atoms with Gasteiger partial charge in [-0.15, -0.1) is 0 Å². The maximum atomic E-state index is 13.3. The van der Waals surface area contributed by atoms with Crippen LogP contribution in [0.4, 0.5) is 17.6 Å². The number of benzene rings is 2. The van der Waals surface area contributed by atoms with Crippen molar-refractivity contribution in [3.8, 4) is 11.1 Å². The molecule has 0 spiro atoms. The molecule has 116 valence electrons. The van der Waals surface area contributed by atoms with E-state index in [1.807, 2.05) is 0 Å². The highest BCUT2D eigenvalue weighted by Crippen LogP contribution is 2.40. The monoisotopic (exact) mass is 314 g/mol. The maximum absolute atomic E-state index is 13.3. The summed E-state index contributed by atoms with van der Waals surface area (Å²) in [5.41, 5.74) is -2.31. The summed E-state index contributed by atoms with van der Waals surface area (Å²) < 4.78 is 52.8. The van der Waals surface area contributed by atoms with E-state index in [2.05, 4.69) is 0 Å². The third-order valence-electron chi connectivity index (χ3n) is 3.04. The van der Waals surface area contributed by atoms with Crippen molar-refractivity contribution < 1.29 is 32.6 Å². The van der Waals surface area contributed by atoms with Crippen LogP contribution in [0.1, 0.15) is 17.2 Å². The van der Waals surface area contributed by atoms with E-state index < -0.39 is 40.8 Å². The molecule has 0 aliphatic heterocycles. The topological polar surface area (TPSA) is 57.5 Å². The Labute approximate surface area is 122 Å². The van der Waals surface area contributed by atoms with Crippen molar-refractivity contribution in [1.82, 2.24) is 0 Å². The highest BCUT2D eigenvalue weighted by Gasteiger charge is 2.36. The molecule has 7 heteroatoms. The van der Waals surface area contributed by atoms with Crippen LogP contribution >= 0.6 is 0 Å². The molecule has 0 amide bonds. The number of alkyl halides is 3. The van der Waals surface area contributed by atoms with Crippen LogP contribution in [0, 0.1) is 5.82 Å². The molecule has 0 aliphatic carbocycles. The molecule has 0 saturated heterocycles. The molecule has 3 nitrogen and oxygen atoms in total. The average Bonchev–Trinajstić information content (AvgIpc) is 2.44. The highest BCUT2D eigenvalue weighted by atomic mass is 19.4. The van der Waals surface area contributed by atoms with Crippen LogP contribution < -0.4 is 0 Å². The molecule has 1 atom stereocenters. The Morgan fingerprint density at radius 2 is 1.73 bits per heavy atom. The van der Waals surface area contributed by atoms with Crippen molar-refractivity contribution in [1.29, 1.82) is 0 Å². The molecule has 2 rings (SSSR count).